The van der Waals surface area contributed by atoms with Crippen LogP contribution in [-0.4, -0.2) is 16.8 Å². The minimum absolute atomic E-state index is 0.0489. The van der Waals surface area contributed by atoms with Crippen LogP contribution in [0.3, 0.4) is 0 Å². The lowest BCUT2D eigenvalue weighted by molar-refractivity contribution is 0.899. The van der Waals surface area contributed by atoms with Gasteiger partial charge in [-0.3, -0.25) is 9.36 Å². The second-order valence-corrected chi connectivity index (χ2v) is 7.14. The van der Waals surface area contributed by atoms with Gasteiger partial charge in [-0.05, 0) is 30.3 Å². The number of allylic oxidation sites excluding steroid dienone is 2. The molecule has 2 heterocycles. The van der Waals surface area contributed by atoms with Crippen LogP contribution in [0.15, 0.2) is 88.7 Å². The molecule has 1 aliphatic rings. The van der Waals surface area contributed by atoms with Crippen LogP contribution < -0.4 is 10.3 Å². The monoisotopic (exact) mass is 389 g/mol. The number of nitrogens with zero attached hydrogens (tertiary/aromatic N) is 3. The molecule has 0 N–H and O–H groups in total. The summed E-state index contributed by atoms with van der Waals surface area (Å²) < 4.78 is 2.00. The quantitative estimate of drug-likeness (QED) is 0.589. The van der Waals surface area contributed by atoms with Crippen molar-refractivity contribution in [1.29, 1.82) is 0 Å². The first kappa shape index (κ1) is 18.3. The Balaban J connectivity index is 2.07. The Bertz CT molecular complexity index is 1120. The Morgan fingerprint density at radius 3 is 2.36 bits per heavy atom. The number of fused-ring (bicyclic) bond motifs is 1. The zero-order valence-electron chi connectivity index (χ0n) is 15.7. The molecular formula is C23H20ClN3O. The molecule has 0 saturated heterocycles. The van der Waals surface area contributed by atoms with Crippen molar-refractivity contribution in [3.63, 3.8) is 0 Å². The molecule has 0 amide bonds. The first-order valence-electron chi connectivity index (χ1n) is 9.13. The second kappa shape index (κ2) is 7.49. The van der Waals surface area contributed by atoms with Crippen LogP contribution in [0.5, 0.6) is 0 Å². The summed E-state index contributed by atoms with van der Waals surface area (Å²) in [7, 11) is 1.94. The zero-order valence-corrected chi connectivity index (χ0v) is 16.5. The number of anilines is 2. The van der Waals surface area contributed by atoms with Gasteiger partial charge >= 0.3 is 0 Å². The van der Waals surface area contributed by atoms with E-state index in [1.165, 1.54) is 0 Å². The van der Waals surface area contributed by atoms with Crippen molar-refractivity contribution in [1.82, 2.24) is 4.57 Å². The van der Waals surface area contributed by atoms with Crippen LogP contribution in [0.25, 0.3) is 5.69 Å². The molecule has 4 nitrogen and oxygen atoms in total. The SMILES string of the molecule is CC1C=CC(Cl)=Nc2c1c(=O)cc(N(C)c1ccccc1)n2-c1ccccc1. The van der Waals surface area contributed by atoms with E-state index >= 15 is 0 Å². The minimum Gasteiger partial charge on any atom is -0.330 e. The molecule has 2 aromatic carbocycles. The molecule has 1 unspecified atom stereocenters. The number of benzene rings is 2. The van der Waals surface area contributed by atoms with Gasteiger partial charge < -0.3 is 4.90 Å². The molecule has 5 heteroatoms. The Morgan fingerprint density at radius 1 is 1.04 bits per heavy atom. The molecule has 1 aliphatic heterocycles. The fourth-order valence-electron chi connectivity index (χ4n) is 3.46. The maximum absolute atomic E-state index is 13.1. The van der Waals surface area contributed by atoms with Crippen LogP contribution in [0.2, 0.25) is 0 Å². The van der Waals surface area contributed by atoms with Crippen molar-refractivity contribution in [3.05, 3.63) is 94.7 Å². The van der Waals surface area contributed by atoms with Crippen molar-refractivity contribution in [3.8, 4) is 5.69 Å². The van der Waals surface area contributed by atoms with Gasteiger partial charge in [-0.2, -0.15) is 0 Å². The first-order valence-corrected chi connectivity index (χ1v) is 9.50. The third kappa shape index (κ3) is 3.27. The Kier molecular flexibility index (Phi) is 4.88. The molecule has 1 atom stereocenters. The average Bonchev–Trinajstić information content (AvgIpc) is 2.87. The maximum Gasteiger partial charge on any atom is 0.189 e. The highest BCUT2D eigenvalue weighted by Gasteiger charge is 2.23. The van der Waals surface area contributed by atoms with Gasteiger partial charge in [-0.25, -0.2) is 4.99 Å². The van der Waals surface area contributed by atoms with Crippen LogP contribution in [0.4, 0.5) is 17.3 Å². The van der Waals surface area contributed by atoms with Gasteiger partial charge in [0.05, 0.1) is 0 Å². The summed E-state index contributed by atoms with van der Waals surface area (Å²) in [5, 5.41) is 0.356. The Labute approximate surface area is 169 Å². The van der Waals surface area contributed by atoms with Crippen LogP contribution in [0, 0.1) is 0 Å². The zero-order chi connectivity index (χ0) is 19.7. The number of rotatable bonds is 3. The Hall–Kier alpha value is -3.11. The standard InChI is InChI=1S/C23H20ClN3O/c1-16-13-14-20(24)25-23-22(16)19(28)15-21(26(2)17-9-5-3-6-10-17)27(23)18-11-7-4-8-12-18/h3-16H,1-2H3. The van der Waals surface area contributed by atoms with Crippen molar-refractivity contribution in [2.24, 2.45) is 4.99 Å². The lowest BCUT2D eigenvalue weighted by atomic mass is 10.0. The highest BCUT2D eigenvalue weighted by atomic mass is 35.5. The van der Waals surface area contributed by atoms with E-state index in [-0.39, 0.29) is 11.3 Å². The summed E-state index contributed by atoms with van der Waals surface area (Å²) >= 11 is 6.31. The first-order chi connectivity index (χ1) is 13.6. The second-order valence-electron chi connectivity index (χ2n) is 6.75. The lowest BCUT2D eigenvalue weighted by Gasteiger charge is -2.27. The largest absolute Gasteiger partial charge is 0.330 e. The molecule has 1 aromatic heterocycles. The Morgan fingerprint density at radius 2 is 1.68 bits per heavy atom. The van der Waals surface area contributed by atoms with Crippen molar-refractivity contribution in [2.45, 2.75) is 12.8 Å². The molecule has 3 aromatic rings. The predicted molar refractivity (Wildman–Crippen MR) is 117 cm³/mol. The third-order valence-corrected chi connectivity index (χ3v) is 5.11. The highest BCUT2D eigenvalue weighted by molar-refractivity contribution is 6.68. The maximum atomic E-state index is 13.1. The summed E-state index contributed by atoms with van der Waals surface area (Å²) in [6.45, 7) is 1.98. The summed E-state index contributed by atoms with van der Waals surface area (Å²) in [4.78, 5) is 19.7. The molecule has 0 bridgehead atoms. The van der Waals surface area contributed by atoms with Gasteiger partial charge in [0.2, 0.25) is 0 Å². The number of aromatic nitrogens is 1. The van der Waals surface area contributed by atoms with Crippen LogP contribution in [-0.2, 0) is 0 Å². The van der Waals surface area contributed by atoms with Gasteiger partial charge in [0.25, 0.3) is 0 Å². The average molecular weight is 390 g/mol. The van der Waals surface area contributed by atoms with E-state index in [1.54, 1.807) is 12.1 Å². The normalized spacial score (nSPS) is 15.5. The van der Waals surface area contributed by atoms with Crippen LogP contribution >= 0.6 is 11.6 Å². The number of pyridine rings is 1. The lowest BCUT2D eigenvalue weighted by Crippen LogP contribution is -2.22. The van der Waals surface area contributed by atoms with Gasteiger partial charge in [-0.1, -0.05) is 61.0 Å². The van der Waals surface area contributed by atoms with E-state index in [1.807, 2.05) is 90.2 Å². The number of aliphatic imine (C=N–C) groups is 1. The molecular weight excluding hydrogens is 370 g/mol. The smallest absolute Gasteiger partial charge is 0.189 e. The fourth-order valence-corrected chi connectivity index (χ4v) is 3.61. The van der Waals surface area contributed by atoms with E-state index in [9.17, 15) is 4.79 Å². The van der Waals surface area contributed by atoms with E-state index in [0.29, 0.717) is 16.6 Å². The van der Waals surface area contributed by atoms with Crippen molar-refractivity contribution >= 4 is 34.1 Å². The van der Waals surface area contributed by atoms with Crippen molar-refractivity contribution < 1.29 is 0 Å². The molecule has 140 valence electrons. The number of para-hydroxylation sites is 2. The van der Waals surface area contributed by atoms with Gasteiger partial charge in [0.15, 0.2) is 5.43 Å². The predicted octanol–water partition coefficient (Wildman–Crippen LogP) is 5.55. The van der Waals surface area contributed by atoms with Gasteiger partial charge in [-0.15, -0.1) is 0 Å². The number of hydrogen-bond acceptors (Lipinski definition) is 3. The highest BCUT2D eigenvalue weighted by Crippen LogP contribution is 2.36. The van der Waals surface area contributed by atoms with Gasteiger partial charge in [0, 0.05) is 36.0 Å². The summed E-state index contributed by atoms with van der Waals surface area (Å²) in [6, 6.07) is 21.5. The number of hydrogen-bond donors (Lipinski definition) is 0. The molecule has 28 heavy (non-hydrogen) atoms. The molecule has 4 rings (SSSR count). The van der Waals surface area contributed by atoms with Crippen molar-refractivity contribution in [2.75, 3.05) is 11.9 Å². The topological polar surface area (TPSA) is 37.6 Å². The summed E-state index contributed by atoms with van der Waals surface area (Å²) in [6.07, 6.45) is 3.66. The number of halogens is 1. The molecule has 0 fully saturated rings. The van der Waals surface area contributed by atoms with Gasteiger partial charge in [0.1, 0.15) is 16.8 Å². The third-order valence-electron chi connectivity index (χ3n) is 4.90. The summed E-state index contributed by atoms with van der Waals surface area (Å²) in [5.74, 6) is 1.20. The van der Waals surface area contributed by atoms with E-state index in [4.69, 9.17) is 11.6 Å². The molecule has 0 aliphatic carbocycles. The summed E-state index contributed by atoms with van der Waals surface area (Å²) in [5.41, 5.74) is 2.48. The van der Waals surface area contributed by atoms with E-state index in [0.717, 1.165) is 17.2 Å². The molecule has 0 saturated carbocycles. The fraction of sp³-hybridized carbons (Fsp3) is 0.130. The van der Waals surface area contributed by atoms with Crippen LogP contribution in [0.1, 0.15) is 18.4 Å². The van der Waals surface area contributed by atoms with E-state index < -0.39 is 0 Å². The van der Waals surface area contributed by atoms with E-state index in [2.05, 4.69) is 4.99 Å². The minimum atomic E-state index is -0.0893. The molecule has 0 spiro atoms. The molecule has 0 radical (unpaired) electrons.